The number of rotatable bonds is 6. The Labute approximate surface area is 302 Å². The first-order chi connectivity index (χ1) is 25.8. The normalized spacial score (nSPS) is 11.5. The Balaban J connectivity index is 1.13. The van der Waals surface area contributed by atoms with Gasteiger partial charge >= 0.3 is 0 Å². The third kappa shape index (κ3) is 5.12. The molecule has 0 aliphatic rings. The summed E-state index contributed by atoms with van der Waals surface area (Å²) in [7, 11) is 0. The van der Waals surface area contributed by atoms with E-state index < -0.39 is 0 Å². The van der Waals surface area contributed by atoms with Crippen LogP contribution in [0.1, 0.15) is 0 Å². The second-order valence-corrected chi connectivity index (χ2v) is 13.3. The van der Waals surface area contributed by atoms with Gasteiger partial charge in [0.15, 0.2) is 0 Å². The van der Waals surface area contributed by atoms with Crippen LogP contribution in [0.25, 0.3) is 76.9 Å². The van der Waals surface area contributed by atoms with Crippen molar-refractivity contribution in [2.45, 2.75) is 0 Å². The average molecular weight is 664 g/mol. The van der Waals surface area contributed by atoms with Gasteiger partial charge in [0.2, 0.25) is 0 Å². The van der Waals surface area contributed by atoms with Crippen molar-refractivity contribution in [1.82, 2.24) is 0 Å². The fourth-order valence-electron chi connectivity index (χ4n) is 7.74. The van der Waals surface area contributed by atoms with Crippen molar-refractivity contribution in [3.63, 3.8) is 0 Å². The summed E-state index contributed by atoms with van der Waals surface area (Å²) in [6, 6.07) is 71.7. The average Bonchev–Trinajstić information content (AvgIpc) is 3.61. The van der Waals surface area contributed by atoms with Gasteiger partial charge in [0, 0.05) is 33.4 Å². The zero-order valence-corrected chi connectivity index (χ0v) is 28.4. The molecule has 0 atom stereocenters. The SMILES string of the molecule is c1ccc(-c2ccc(N(c3ccccc3)c3ccc(-c4cccc5c4oc4ccccc45)cc3)cc2-c2ccc3ccc4ccccc4c3c2)cc1. The van der Waals surface area contributed by atoms with Gasteiger partial charge in [-0.05, 0) is 97.9 Å². The van der Waals surface area contributed by atoms with Gasteiger partial charge in [-0.25, -0.2) is 0 Å². The number of furan rings is 1. The van der Waals surface area contributed by atoms with Crippen LogP contribution in [0.3, 0.4) is 0 Å². The number of fused-ring (bicyclic) bond motifs is 6. The molecule has 0 aliphatic carbocycles. The molecule has 52 heavy (non-hydrogen) atoms. The highest BCUT2D eigenvalue weighted by Gasteiger charge is 2.18. The van der Waals surface area contributed by atoms with Crippen LogP contribution in [0.4, 0.5) is 17.1 Å². The number of hydrogen-bond donors (Lipinski definition) is 0. The molecule has 1 aromatic heterocycles. The van der Waals surface area contributed by atoms with Gasteiger partial charge < -0.3 is 9.32 Å². The largest absolute Gasteiger partial charge is 0.455 e. The molecule has 0 fully saturated rings. The predicted molar refractivity (Wildman–Crippen MR) is 220 cm³/mol. The molecule has 0 amide bonds. The molecule has 2 heteroatoms. The molecule has 0 saturated heterocycles. The van der Waals surface area contributed by atoms with E-state index in [1.807, 2.05) is 12.1 Å². The molecule has 0 aliphatic heterocycles. The summed E-state index contributed by atoms with van der Waals surface area (Å²) >= 11 is 0. The van der Waals surface area contributed by atoms with E-state index in [-0.39, 0.29) is 0 Å². The minimum absolute atomic E-state index is 0.908. The Morgan fingerprint density at radius 3 is 1.73 bits per heavy atom. The first kappa shape index (κ1) is 30.0. The Kier molecular flexibility index (Phi) is 7.18. The van der Waals surface area contributed by atoms with E-state index >= 15 is 0 Å². The zero-order valence-electron chi connectivity index (χ0n) is 28.4. The lowest BCUT2D eigenvalue weighted by Crippen LogP contribution is -2.10. The van der Waals surface area contributed by atoms with Crippen molar-refractivity contribution < 1.29 is 4.42 Å². The zero-order chi connectivity index (χ0) is 34.4. The molecule has 0 bridgehead atoms. The third-order valence-electron chi connectivity index (χ3n) is 10.3. The van der Waals surface area contributed by atoms with Crippen LogP contribution in [0.2, 0.25) is 0 Å². The highest BCUT2D eigenvalue weighted by atomic mass is 16.3. The van der Waals surface area contributed by atoms with Gasteiger partial charge in [0.25, 0.3) is 0 Å². The van der Waals surface area contributed by atoms with E-state index in [9.17, 15) is 0 Å². The molecule has 10 rings (SSSR count). The van der Waals surface area contributed by atoms with E-state index in [1.165, 1.54) is 43.8 Å². The highest BCUT2D eigenvalue weighted by molar-refractivity contribution is 6.10. The van der Waals surface area contributed by atoms with Gasteiger partial charge in [-0.1, -0.05) is 152 Å². The molecule has 0 radical (unpaired) electrons. The number of benzene rings is 9. The summed E-state index contributed by atoms with van der Waals surface area (Å²) in [4.78, 5) is 2.35. The van der Waals surface area contributed by atoms with Gasteiger partial charge in [0.1, 0.15) is 11.2 Å². The predicted octanol–water partition coefficient (Wildman–Crippen LogP) is 14.4. The van der Waals surface area contributed by atoms with Gasteiger partial charge in [-0.3, -0.25) is 0 Å². The number of hydrogen-bond acceptors (Lipinski definition) is 2. The van der Waals surface area contributed by atoms with E-state index in [0.29, 0.717) is 0 Å². The van der Waals surface area contributed by atoms with Crippen LogP contribution in [-0.2, 0) is 0 Å². The molecule has 0 saturated carbocycles. The first-order valence-electron chi connectivity index (χ1n) is 17.8. The standard InChI is InChI=1S/C50H33NO/c1-3-12-34(13-4-1)43-31-30-41(33-48(43)38-25-24-37-23-22-35-14-7-8-17-42(35)47(37)32-38)51(39-15-5-2-6-16-39)40-28-26-36(27-29-40)44-19-11-20-46-45-18-9-10-21-49(45)52-50(44)46/h1-33H. The maximum Gasteiger partial charge on any atom is 0.143 e. The fraction of sp³-hybridized carbons (Fsp3) is 0. The lowest BCUT2D eigenvalue weighted by Gasteiger charge is -2.27. The fourth-order valence-corrected chi connectivity index (χ4v) is 7.74. The van der Waals surface area contributed by atoms with Crippen molar-refractivity contribution in [3.05, 3.63) is 200 Å². The van der Waals surface area contributed by atoms with Crippen LogP contribution in [0.15, 0.2) is 205 Å². The number of para-hydroxylation sites is 3. The highest BCUT2D eigenvalue weighted by Crippen LogP contribution is 2.43. The molecule has 244 valence electrons. The van der Waals surface area contributed by atoms with Crippen molar-refractivity contribution in [2.75, 3.05) is 4.90 Å². The summed E-state index contributed by atoms with van der Waals surface area (Å²) in [6.45, 7) is 0. The van der Waals surface area contributed by atoms with Crippen LogP contribution >= 0.6 is 0 Å². The number of nitrogens with zero attached hydrogens (tertiary/aromatic N) is 1. The first-order valence-corrected chi connectivity index (χ1v) is 17.8. The van der Waals surface area contributed by atoms with Crippen LogP contribution in [0.5, 0.6) is 0 Å². The van der Waals surface area contributed by atoms with Crippen molar-refractivity contribution in [3.8, 4) is 33.4 Å². The van der Waals surface area contributed by atoms with Crippen molar-refractivity contribution in [1.29, 1.82) is 0 Å². The maximum atomic E-state index is 6.40. The Morgan fingerprint density at radius 1 is 0.308 bits per heavy atom. The Bertz CT molecular complexity index is 2890. The second-order valence-electron chi connectivity index (χ2n) is 13.3. The van der Waals surface area contributed by atoms with E-state index in [4.69, 9.17) is 4.42 Å². The molecule has 2 nitrogen and oxygen atoms in total. The Morgan fingerprint density at radius 2 is 0.904 bits per heavy atom. The van der Waals surface area contributed by atoms with E-state index in [2.05, 4.69) is 193 Å². The second kappa shape index (κ2) is 12.5. The van der Waals surface area contributed by atoms with E-state index in [1.54, 1.807) is 0 Å². The third-order valence-corrected chi connectivity index (χ3v) is 10.3. The Hall–Kier alpha value is -6.90. The molecule has 9 aromatic carbocycles. The molecular formula is C50H33NO. The smallest absolute Gasteiger partial charge is 0.143 e. The summed E-state index contributed by atoms with van der Waals surface area (Å²) in [5.41, 5.74) is 12.1. The molecule has 0 spiro atoms. The molecule has 10 aromatic rings. The quantitative estimate of drug-likeness (QED) is 0.165. The van der Waals surface area contributed by atoms with Gasteiger partial charge in [0.05, 0.1) is 0 Å². The molecule has 0 N–H and O–H groups in total. The topological polar surface area (TPSA) is 16.4 Å². The lowest BCUT2D eigenvalue weighted by atomic mass is 9.91. The summed E-state index contributed by atoms with van der Waals surface area (Å²) in [5.74, 6) is 0. The van der Waals surface area contributed by atoms with Crippen molar-refractivity contribution in [2.24, 2.45) is 0 Å². The minimum atomic E-state index is 0.908. The van der Waals surface area contributed by atoms with E-state index in [0.717, 1.165) is 50.1 Å². The van der Waals surface area contributed by atoms with Crippen LogP contribution in [0, 0.1) is 0 Å². The van der Waals surface area contributed by atoms with Gasteiger partial charge in [-0.15, -0.1) is 0 Å². The van der Waals surface area contributed by atoms with Crippen molar-refractivity contribution >= 4 is 60.5 Å². The minimum Gasteiger partial charge on any atom is -0.455 e. The summed E-state index contributed by atoms with van der Waals surface area (Å²) in [6.07, 6.45) is 0. The summed E-state index contributed by atoms with van der Waals surface area (Å²) < 4.78 is 6.40. The molecule has 1 heterocycles. The summed E-state index contributed by atoms with van der Waals surface area (Å²) in [5, 5.41) is 7.29. The van der Waals surface area contributed by atoms with Crippen LogP contribution < -0.4 is 4.90 Å². The molecular weight excluding hydrogens is 631 g/mol. The van der Waals surface area contributed by atoms with Gasteiger partial charge in [-0.2, -0.15) is 0 Å². The molecule has 0 unspecified atom stereocenters. The maximum absolute atomic E-state index is 6.40. The monoisotopic (exact) mass is 663 g/mol. The van der Waals surface area contributed by atoms with Crippen LogP contribution in [-0.4, -0.2) is 0 Å². The number of anilines is 3. The lowest BCUT2D eigenvalue weighted by molar-refractivity contribution is 0.670.